The maximum Gasteiger partial charge on any atom is 0.232 e. The van der Waals surface area contributed by atoms with E-state index in [2.05, 4.69) is 44.4 Å². The topological polar surface area (TPSA) is 57.0 Å². The second-order valence-electron chi connectivity index (χ2n) is 7.22. The van der Waals surface area contributed by atoms with E-state index in [9.17, 15) is 0 Å². The molecule has 1 aliphatic heterocycles. The number of rotatable bonds is 8. The number of nitrogens with zero attached hydrogens (tertiary/aromatic N) is 4. The summed E-state index contributed by atoms with van der Waals surface area (Å²) in [7, 11) is 3.86. The third-order valence-corrected chi connectivity index (χ3v) is 5.54. The molecule has 1 aliphatic rings. The quantitative estimate of drug-likeness (QED) is 0.658. The molecule has 0 bridgehead atoms. The molecule has 158 valence electrons. The minimum absolute atomic E-state index is 0.599. The maximum absolute atomic E-state index is 5.91. The predicted molar refractivity (Wildman–Crippen MR) is 120 cm³/mol. The fourth-order valence-corrected chi connectivity index (χ4v) is 3.73. The molecule has 0 amide bonds. The third kappa shape index (κ3) is 5.46. The lowest BCUT2D eigenvalue weighted by molar-refractivity contribution is 0.174. The normalized spacial score (nSPS) is 14.8. The molecule has 1 saturated heterocycles. The van der Waals surface area contributed by atoms with Crippen LogP contribution in [0.25, 0.3) is 11.3 Å². The van der Waals surface area contributed by atoms with Gasteiger partial charge in [-0.1, -0.05) is 35.5 Å². The van der Waals surface area contributed by atoms with Crippen LogP contribution in [0.5, 0.6) is 0 Å². The van der Waals surface area contributed by atoms with Crippen LogP contribution in [-0.2, 0) is 11.3 Å². The summed E-state index contributed by atoms with van der Waals surface area (Å²) in [6.45, 7) is 8.59. The van der Waals surface area contributed by atoms with E-state index >= 15 is 0 Å². The van der Waals surface area contributed by atoms with Gasteiger partial charge in [0, 0.05) is 51.9 Å². The largest absolute Gasteiger partial charge is 0.383 e. The Morgan fingerprint density at radius 2 is 1.97 bits per heavy atom. The van der Waals surface area contributed by atoms with Crippen molar-refractivity contribution in [3.05, 3.63) is 35.9 Å². The van der Waals surface area contributed by atoms with Crippen molar-refractivity contribution >= 4 is 23.2 Å². The minimum atomic E-state index is 0.599. The molecule has 3 rings (SSSR count). The zero-order valence-electron chi connectivity index (χ0n) is 17.6. The van der Waals surface area contributed by atoms with Crippen LogP contribution in [0.4, 0.5) is 5.88 Å². The van der Waals surface area contributed by atoms with Gasteiger partial charge in [0.15, 0.2) is 5.11 Å². The van der Waals surface area contributed by atoms with Crippen molar-refractivity contribution in [3.63, 3.8) is 0 Å². The first-order valence-corrected chi connectivity index (χ1v) is 10.5. The Morgan fingerprint density at radius 1 is 1.24 bits per heavy atom. The van der Waals surface area contributed by atoms with Gasteiger partial charge in [-0.05, 0) is 26.2 Å². The van der Waals surface area contributed by atoms with Crippen LogP contribution >= 0.6 is 12.2 Å². The van der Waals surface area contributed by atoms with E-state index in [0.717, 1.165) is 55.4 Å². The van der Waals surface area contributed by atoms with Gasteiger partial charge in [0.05, 0.1) is 18.7 Å². The smallest absolute Gasteiger partial charge is 0.232 e. The highest BCUT2D eigenvalue weighted by Crippen LogP contribution is 2.33. The summed E-state index contributed by atoms with van der Waals surface area (Å²) in [5.41, 5.74) is 2.99. The number of likely N-dealkylation sites (N-methyl/N-ethyl adjacent to an activating group) is 1. The van der Waals surface area contributed by atoms with Crippen molar-refractivity contribution in [2.24, 2.45) is 0 Å². The molecule has 29 heavy (non-hydrogen) atoms. The molecule has 2 heterocycles. The molecular weight excluding hydrogens is 386 g/mol. The molecule has 0 radical (unpaired) electrons. The van der Waals surface area contributed by atoms with Crippen molar-refractivity contribution < 1.29 is 9.26 Å². The second-order valence-corrected chi connectivity index (χ2v) is 7.61. The highest BCUT2D eigenvalue weighted by molar-refractivity contribution is 7.80. The van der Waals surface area contributed by atoms with Gasteiger partial charge in [-0.15, -0.1) is 0 Å². The van der Waals surface area contributed by atoms with Crippen molar-refractivity contribution in [1.82, 2.24) is 20.3 Å². The Labute approximate surface area is 178 Å². The van der Waals surface area contributed by atoms with Gasteiger partial charge < -0.3 is 29.3 Å². The second kappa shape index (κ2) is 10.6. The summed E-state index contributed by atoms with van der Waals surface area (Å²) in [5.74, 6) is 0.846. The number of hydrogen-bond acceptors (Lipinski definition) is 6. The van der Waals surface area contributed by atoms with Crippen LogP contribution in [0.15, 0.2) is 34.9 Å². The van der Waals surface area contributed by atoms with Gasteiger partial charge in [0.2, 0.25) is 5.88 Å². The molecule has 0 spiro atoms. The summed E-state index contributed by atoms with van der Waals surface area (Å²) < 4.78 is 11.2. The van der Waals surface area contributed by atoms with Crippen molar-refractivity contribution in [2.75, 3.05) is 64.9 Å². The lowest BCUT2D eigenvalue weighted by Gasteiger charge is -2.33. The Balaban J connectivity index is 1.94. The van der Waals surface area contributed by atoms with Gasteiger partial charge in [0.25, 0.3) is 0 Å². The summed E-state index contributed by atoms with van der Waals surface area (Å²) in [5, 5.41) is 8.45. The van der Waals surface area contributed by atoms with Gasteiger partial charge in [-0.3, -0.25) is 0 Å². The first kappa shape index (κ1) is 21.5. The Kier molecular flexibility index (Phi) is 7.85. The SMILES string of the molecule is CCNC(=S)N(CCOC)Cc1c(-c2ccccc2)noc1N1CCN(C)CC1. The van der Waals surface area contributed by atoms with Crippen LogP contribution in [0.3, 0.4) is 0 Å². The Bertz CT molecular complexity index is 775. The first-order chi connectivity index (χ1) is 14.1. The van der Waals surface area contributed by atoms with E-state index in [1.54, 1.807) is 7.11 Å². The molecule has 2 aromatic rings. The van der Waals surface area contributed by atoms with E-state index < -0.39 is 0 Å². The zero-order valence-corrected chi connectivity index (χ0v) is 18.4. The molecule has 7 nitrogen and oxygen atoms in total. The van der Waals surface area contributed by atoms with E-state index in [-0.39, 0.29) is 0 Å². The average Bonchev–Trinajstić information content (AvgIpc) is 3.16. The number of methoxy groups -OCH3 is 1. The number of ether oxygens (including phenoxy) is 1. The number of thiocarbonyl (C=S) groups is 1. The number of aromatic nitrogens is 1. The lowest BCUT2D eigenvalue weighted by atomic mass is 10.1. The standard InChI is InChI=1S/C21H31N5O2S/c1-4-22-21(29)26(14-15-27-3)16-18-19(17-8-6-5-7-9-17)23-28-20(18)25-12-10-24(2)11-13-25/h5-9H,4,10-16H2,1-3H3,(H,22,29). The summed E-state index contributed by atoms with van der Waals surface area (Å²) in [4.78, 5) is 6.75. The fourth-order valence-electron chi connectivity index (χ4n) is 3.43. The van der Waals surface area contributed by atoms with Crippen LogP contribution < -0.4 is 10.2 Å². The molecule has 1 aromatic carbocycles. The molecule has 0 unspecified atom stereocenters. The van der Waals surface area contributed by atoms with E-state index in [4.69, 9.17) is 21.5 Å². The number of anilines is 1. The van der Waals surface area contributed by atoms with Gasteiger partial charge in [-0.2, -0.15) is 0 Å². The molecular formula is C21H31N5O2S. The molecule has 0 saturated carbocycles. The van der Waals surface area contributed by atoms with E-state index in [1.807, 2.05) is 25.1 Å². The molecule has 1 fully saturated rings. The van der Waals surface area contributed by atoms with Gasteiger partial charge >= 0.3 is 0 Å². The van der Waals surface area contributed by atoms with Crippen LogP contribution in [0.1, 0.15) is 12.5 Å². The molecule has 0 atom stereocenters. The predicted octanol–water partition coefficient (Wildman–Crippen LogP) is 2.44. The Morgan fingerprint density at radius 3 is 2.62 bits per heavy atom. The third-order valence-electron chi connectivity index (χ3n) is 5.13. The van der Waals surface area contributed by atoms with Crippen LogP contribution in [-0.4, -0.2) is 80.1 Å². The summed E-state index contributed by atoms with van der Waals surface area (Å²) in [6.07, 6.45) is 0. The minimum Gasteiger partial charge on any atom is -0.383 e. The number of benzene rings is 1. The van der Waals surface area contributed by atoms with Crippen LogP contribution in [0, 0.1) is 0 Å². The highest BCUT2D eigenvalue weighted by Gasteiger charge is 2.27. The van der Waals surface area contributed by atoms with Gasteiger partial charge in [0.1, 0.15) is 5.69 Å². The zero-order chi connectivity index (χ0) is 20.6. The molecule has 1 N–H and O–H groups in total. The summed E-state index contributed by atoms with van der Waals surface area (Å²) >= 11 is 5.62. The van der Waals surface area contributed by atoms with Gasteiger partial charge in [-0.25, -0.2) is 0 Å². The first-order valence-electron chi connectivity index (χ1n) is 10.1. The highest BCUT2D eigenvalue weighted by atomic mass is 32.1. The number of piperazine rings is 1. The van der Waals surface area contributed by atoms with Crippen molar-refractivity contribution in [3.8, 4) is 11.3 Å². The van der Waals surface area contributed by atoms with E-state index in [0.29, 0.717) is 24.8 Å². The maximum atomic E-state index is 5.91. The molecule has 0 aliphatic carbocycles. The Hall–Kier alpha value is -2.16. The van der Waals surface area contributed by atoms with Crippen molar-refractivity contribution in [2.45, 2.75) is 13.5 Å². The molecule has 1 aromatic heterocycles. The monoisotopic (exact) mass is 417 g/mol. The number of nitrogens with one attached hydrogen (secondary N) is 1. The fraction of sp³-hybridized carbons (Fsp3) is 0.524. The van der Waals surface area contributed by atoms with Crippen LogP contribution in [0.2, 0.25) is 0 Å². The summed E-state index contributed by atoms with van der Waals surface area (Å²) in [6, 6.07) is 10.2. The number of hydrogen-bond donors (Lipinski definition) is 1. The molecule has 8 heteroatoms. The van der Waals surface area contributed by atoms with Crippen molar-refractivity contribution in [1.29, 1.82) is 0 Å². The lowest BCUT2D eigenvalue weighted by Crippen LogP contribution is -2.45. The van der Waals surface area contributed by atoms with E-state index in [1.165, 1.54) is 0 Å². The average molecular weight is 418 g/mol.